The first-order valence-corrected chi connectivity index (χ1v) is 7.24. The van der Waals surface area contributed by atoms with Crippen LogP contribution < -0.4 is 16.2 Å². The number of anilines is 2. The second kappa shape index (κ2) is 5.35. The lowest BCUT2D eigenvalue weighted by Gasteiger charge is -2.08. The Morgan fingerprint density at radius 1 is 1.19 bits per heavy atom. The minimum Gasteiger partial charge on any atom is -0.382 e. The number of rotatable bonds is 3. The molecule has 1 aromatic carbocycles. The first-order valence-electron chi connectivity index (χ1n) is 5.76. The van der Waals surface area contributed by atoms with Crippen LogP contribution in [0.4, 0.5) is 11.8 Å². The van der Waals surface area contributed by atoms with Crippen LogP contribution in [0.3, 0.4) is 0 Å². The first kappa shape index (κ1) is 14.7. The highest BCUT2D eigenvalue weighted by molar-refractivity contribution is 7.89. The minimum absolute atomic E-state index is 0.0214. The molecular weight excluding hydrogens is 292 g/mol. The number of aromatic nitrogens is 2. The number of nitriles is 1. The van der Waals surface area contributed by atoms with Crippen molar-refractivity contribution in [2.24, 2.45) is 0 Å². The Balaban J connectivity index is 2.57. The normalized spacial score (nSPS) is 11.0. The average molecular weight is 304 g/mol. The van der Waals surface area contributed by atoms with E-state index in [1.54, 1.807) is 0 Å². The molecule has 0 radical (unpaired) electrons. The molecule has 0 aliphatic heterocycles. The third-order valence-electron chi connectivity index (χ3n) is 2.77. The maximum atomic E-state index is 11.7. The van der Waals surface area contributed by atoms with Crippen molar-refractivity contribution in [2.45, 2.75) is 4.90 Å². The maximum Gasteiger partial charge on any atom is 0.240 e. The predicted octanol–water partition coefficient (Wildman–Crippen LogP) is 0.0878. The minimum atomic E-state index is -3.53. The number of hydrogen-bond acceptors (Lipinski definition) is 7. The fourth-order valence-electron chi connectivity index (χ4n) is 1.72. The van der Waals surface area contributed by atoms with Gasteiger partial charge in [-0.2, -0.15) is 10.2 Å². The molecule has 108 valence electrons. The van der Waals surface area contributed by atoms with Gasteiger partial charge in [0.2, 0.25) is 16.0 Å². The van der Waals surface area contributed by atoms with Gasteiger partial charge in [-0.1, -0.05) is 12.1 Å². The van der Waals surface area contributed by atoms with Crippen LogP contribution in [0.25, 0.3) is 11.3 Å². The van der Waals surface area contributed by atoms with Gasteiger partial charge in [-0.3, -0.25) is 0 Å². The van der Waals surface area contributed by atoms with Crippen LogP contribution in [-0.4, -0.2) is 25.4 Å². The highest BCUT2D eigenvalue weighted by Crippen LogP contribution is 2.26. The van der Waals surface area contributed by atoms with Gasteiger partial charge in [-0.05, 0) is 19.2 Å². The molecule has 8 nitrogen and oxygen atoms in total. The summed E-state index contributed by atoms with van der Waals surface area (Å²) in [7, 11) is -2.20. The summed E-state index contributed by atoms with van der Waals surface area (Å²) in [5, 5.41) is 9.12. The molecule has 0 atom stereocenters. The van der Waals surface area contributed by atoms with Crippen LogP contribution in [0.5, 0.6) is 0 Å². The summed E-state index contributed by atoms with van der Waals surface area (Å²) in [5.41, 5.74) is 12.0. The number of sulfonamides is 1. The van der Waals surface area contributed by atoms with E-state index in [2.05, 4.69) is 14.7 Å². The predicted molar refractivity (Wildman–Crippen MR) is 77.3 cm³/mol. The van der Waals surface area contributed by atoms with Gasteiger partial charge < -0.3 is 11.5 Å². The number of nitrogens with zero attached hydrogens (tertiary/aromatic N) is 3. The smallest absolute Gasteiger partial charge is 0.240 e. The molecule has 0 aliphatic carbocycles. The van der Waals surface area contributed by atoms with Gasteiger partial charge in [-0.25, -0.2) is 18.1 Å². The quantitative estimate of drug-likeness (QED) is 0.727. The molecule has 2 rings (SSSR count). The van der Waals surface area contributed by atoms with Gasteiger partial charge in [0.15, 0.2) is 0 Å². The topological polar surface area (TPSA) is 148 Å². The van der Waals surface area contributed by atoms with Crippen molar-refractivity contribution in [2.75, 3.05) is 18.5 Å². The Kier molecular flexibility index (Phi) is 3.75. The Labute approximate surface area is 121 Å². The second-order valence-electron chi connectivity index (χ2n) is 4.03. The Morgan fingerprint density at radius 2 is 1.81 bits per heavy atom. The van der Waals surface area contributed by atoms with Crippen molar-refractivity contribution in [1.82, 2.24) is 14.7 Å². The van der Waals surface area contributed by atoms with E-state index in [0.29, 0.717) is 5.56 Å². The largest absolute Gasteiger partial charge is 0.382 e. The first-order chi connectivity index (χ1) is 9.89. The standard InChI is InChI=1S/C12H12N6O2S/c1-16-21(19,20)8-4-2-7(3-5-8)10-9(6-13)11(14)18-12(15)17-10/h2-5,16H,1H3,(H4,14,15,17,18). The van der Waals surface area contributed by atoms with E-state index in [9.17, 15) is 8.42 Å². The lowest BCUT2D eigenvalue weighted by atomic mass is 10.1. The highest BCUT2D eigenvalue weighted by Gasteiger charge is 2.15. The molecule has 2 aromatic rings. The summed E-state index contributed by atoms with van der Waals surface area (Å²) in [4.78, 5) is 7.80. The zero-order chi connectivity index (χ0) is 15.6. The Bertz CT molecular complexity index is 824. The molecule has 0 bridgehead atoms. The van der Waals surface area contributed by atoms with E-state index in [-0.39, 0.29) is 27.9 Å². The summed E-state index contributed by atoms with van der Waals surface area (Å²) in [5.74, 6) is -0.0830. The summed E-state index contributed by atoms with van der Waals surface area (Å²) < 4.78 is 25.5. The fraction of sp³-hybridized carbons (Fsp3) is 0.0833. The second-order valence-corrected chi connectivity index (χ2v) is 5.92. The van der Waals surface area contributed by atoms with Gasteiger partial charge in [0.05, 0.1) is 10.6 Å². The van der Waals surface area contributed by atoms with Crippen molar-refractivity contribution < 1.29 is 8.42 Å². The summed E-state index contributed by atoms with van der Waals surface area (Å²) >= 11 is 0. The van der Waals surface area contributed by atoms with Crippen LogP contribution in [0.2, 0.25) is 0 Å². The average Bonchev–Trinajstić information content (AvgIpc) is 2.46. The summed E-state index contributed by atoms with van der Waals surface area (Å²) in [6.07, 6.45) is 0. The molecule has 1 heterocycles. The van der Waals surface area contributed by atoms with E-state index in [1.165, 1.54) is 31.3 Å². The van der Waals surface area contributed by atoms with Crippen LogP contribution in [0.15, 0.2) is 29.2 Å². The number of nitrogens with one attached hydrogen (secondary N) is 1. The zero-order valence-electron chi connectivity index (χ0n) is 11.0. The van der Waals surface area contributed by atoms with Crippen LogP contribution in [-0.2, 0) is 10.0 Å². The molecule has 0 saturated carbocycles. The molecule has 0 unspecified atom stereocenters. The van der Waals surface area contributed by atoms with Crippen molar-refractivity contribution >= 4 is 21.8 Å². The van der Waals surface area contributed by atoms with Crippen molar-refractivity contribution in [1.29, 1.82) is 5.26 Å². The molecular formula is C12H12N6O2S. The molecule has 0 amide bonds. The van der Waals surface area contributed by atoms with E-state index < -0.39 is 10.0 Å². The molecule has 9 heteroatoms. The third-order valence-corrected chi connectivity index (χ3v) is 4.20. The van der Waals surface area contributed by atoms with Crippen molar-refractivity contribution in [3.63, 3.8) is 0 Å². The fourth-order valence-corrected chi connectivity index (χ4v) is 2.46. The number of hydrogen-bond donors (Lipinski definition) is 3. The number of benzene rings is 1. The third kappa shape index (κ3) is 2.76. The highest BCUT2D eigenvalue weighted by atomic mass is 32.2. The molecule has 0 aliphatic rings. The summed E-state index contributed by atoms with van der Waals surface area (Å²) in [6, 6.07) is 7.75. The van der Waals surface area contributed by atoms with Gasteiger partial charge >= 0.3 is 0 Å². The van der Waals surface area contributed by atoms with Gasteiger partial charge in [0.1, 0.15) is 17.5 Å². The van der Waals surface area contributed by atoms with Crippen LogP contribution in [0.1, 0.15) is 5.56 Å². The lowest BCUT2D eigenvalue weighted by Crippen LogP contribution is -2.18. The molecule has 5 N–H and O–H groups in total. The van der Waals surface area contributed by atoms with E-state index in [1.807, 2.05) is 6.07 Å². The van der Waals surface area contributed by atoms with E-state index >= 15 is 0 Å². The number of nitrogen functional groups attached to an aromatic ring is 2. The van der Waals surface area contributed by atoms with Gasteiger partial charge in [0.25, 0.3) is 0 Å². The van der Waals surface area contributed by atoms with E-state index in [0.717, 1.165) is 0 Å². The van der Waals surface area contributed by atoms with Crippen LogP contribution >= 0.6 is 0 Å². The maximum absolute atomic E-state index is 11.7. The molecule has 1 aromatic heterocycles. The molecule has 0 fully saturated rings. The molecule has 0 spiro atoms. The van der Waals surface area contributed by atoms with Gasteiger partial charge in [0, 0.05) is 5.56 Å². The zero-order valence-corrected chi connectivity index (χ0v) is 11.8. The van der Waals surface area contributed by atoms with Gasteiger partial charge in [-0.15, -0.1) is 0 Å². The SMILES string of the molecule is CNS(=O)(=O)c1ccc(-c2nc(N)nc(N)c2C#N)cc1. The lowest BCUT2D eigenvalue weighted by molar-refractivity contribution is 0.588. The Hall–Kier alpha value is -2.70. The van der Waals surface area contributed by atoms with E-state index in [4.69, 9.17) is 16.7 Å². The van der Waals surface area contributed by atoms with Crippen molar-refractivity contribution in [3.05, 3.63) is 29.8 Å². The molecule has 21 heavy (non-hydrogen) atoms. The molecule has 0 saturated heterocycles. The summed E-state index contributed by atoms with van der Waals surface area (Å²) in [6.45, 7) is 0. The number of nitrogens with two attached hydrogens (primary N) is 2. The van der Waals surface area contributed by atoms with Crippen LogP contribution in [0, 0.1) is 11.3 Å². The monoisotopic (exact) mass is 304 g/mol. The van der Waals surface area contributed by atoms with Crippen molar-refractivity contribution in [3.8, 4) is 17.3 Å². The Morgan fingerprint density at radius 3 is 2.33 bits per heavy atom.